The zero-order valence-corrected chi connectivity index (χ0v) is 10.2. The predicted octanol–water partition coefficient (Wildman–Crippen LogP) is 3.12. The second-order valence-corrected chi connectivity index (χ2v) is 4.05. The van der Waals surface area contributed by atoms with Gasteiger partial charge in [0.15, 0.2) is 0 Å². The molecule has 0 saturated carbocycles. The van der Waals surface area contributed by atoms with Crippen LogP contribution in [0.15, 0.2) is 30.0 Å². The second-order valence-electron chi connectivity index (χ2n) is 4.05. The standard InChI is InChI=1S/C13H12F3NO2/c1-2-19-12(18)9-6-8-4-3-5-10(13(14,15)16)11(8)17-7-9/h3-5,7,17H,2,6H2,1H3. The first-order chi connectivity index (χ1) is 8.93. The van der Waals surface area contributed by atoms with Gasteiger partial charge >= 0.3 is 12.1 Å². The normalized spacial score (nSPS) is 14.2. The molecule has 19 heavy (non-hydrogen) atoms. The van der Waals surface area contributed by atoms with Gasteiger partial charge in [0.1, 0.15) is 0 Å². The third kappa shape index (κ3) is 2.72. The molecule has 1 heterocycles. The molecular formula is C13H12F3NO2. The van der Waals surface area contributed by atoms with Crippen molar-refractivity contribution in [3.05, 3.63) is 41.1 Å². The summed E-state index contributed by atoms with van der Waals surface area (Å²) in [7, 11) is 0. The minimum atomic E-state index is -4.42. The van der Waals surface area contributed by atoms with Gasteiger partial charge < -0.3 is 10.1 Å². The highest BCUT2D eigenvalue weighted by Gasteiger charge is 2.35. The van der Waals surface area contributed by atoms with Crippen molar-refractivity contribution < 1.29 is 22.7 Å². The first-order valence-corrected chi connectivity index (χ1v) is 5.75. The Kier molecular flexibility index (Phi) is 3.50. The lowest BCUT2D eigenvalue weighted by Crippen LogP contribution is -2.18. The number of alkyl halides is 3. The molecule has 1 aromatic carbocycles. The molecule has 0 atom stereocenters. The number of benzene rings is 1. The van der Waals surface area contributed by atoms with Crippen LogP contribution in [0.5, 0.6) is 0 Å². The lowest BCUT2D eigenvalue weighted by atomic mass is 9.97. The number of hydrogen-bond acceptors (Lipinski definition) is 3. The molecule has 3 nitrogen and oxygen atoms in total. The zero-order chi connectivity index (χ0) is 14.0. The third-order valence-electron chi connectivity index (χ3n) is 2.77. The molecule has 1 aliphatic rings. The molecule has 2 rings (SSSR count). The maximum absolute atomic E-state index is 12.8. The summed E-state index contributed by atoms with van der Waals surface area (Å²) in [5.41, 5.74) is 0.0151. The first kappa shape index (κ1) is 13.5. The Balaban J connectivity index is 2.31. The number of ether oxygens (including phenoxy) is 1. The van der Waals surface area contributed by atoms with Gasteiger partial charge in [0.05, 0.1) is 23.4 Å². The van der Waals surface area contributed by atoms with Crippen LogP contribution < -0.4 is 5.32 Å². The van der Waals surface area contributed by atoms with E-state index in [0.29, 0.717) is 11.1 Å². The van der Waals surface area contributed by atoms with Gasteiger partial charge in [-0.3, -0.25) is 0 Å². The first-order valence-electron chi connectivity index (χ1n) is 5.75. The van der Waals surface area contributed by atoms with Gasteiger partial charge in [-0.1, -0.05) is 12.1 Å². The van der Waals surface area contributed by atoms with Crippen molar-refractivity contribution in [2.45, 2.75) is 19.5 Å². The van der Waals surface area contributed by atoms with Crippen molar-refractivity contribution in [1.82, 2.24) is 0 Å². The van der Waals surface area contributed by atoms with Crippen LogP contribution in [-0.4, -0.2) is 12.6 Å². The summed E-state index contributed by atoms with van der Waals surface area (Å²) in [6.07, 6.45) is -3.02. The van der Waals surface area contributed by atoms with E-state index in [4.69, 9.17) is 4.74 Å². The number of rotatable bonds is 2. The molecule has 0 fully saturated rings. The topological polar surface area (TPSA) is 38.3 Å². The van der Waals surface area contributed by atoms with E-state index in [0.717, 1.165) is 6.07 Å². The van der Waals surface area contributed by atoms with E-state index in [2.05, 4.69) is 5.32 Å². The van der Waals surface area contributed by atoms with Crippen LogP contribution in [-0.2, 0) is 22.1 Å². The summed E-state index contributed by atoms with van der Waals surface area (Å²) in [6.45, 7) is 1.90. The van der Waals surface area contributed by atoms with Crippen LogP contribution in [0, 0.1) is 0 Å². The summed E-state index contributed by atoms with van der Waals surface area (Å²) < 4.78 is 43.2. The molecule has 0 unspecified atom stereocenters. The molecule has 0 saturated heterocycles. The molecule has 0 bridgehead atoms. The van der Waals surface area contributed by atoms with Gasteiger partial charge in [-0.15, -0.1) is 0 Å². The number of anilines is 1. The van der Waals surface area contributed by atoms with E-state index >= 15 is 0 Å². The molecule has 0 aliphatic carbocycles. The minimum absolute atomic E-state index is 0.00282. The number of halogens is 3. The molecule has 1 N–H and O–H groups in total. The number of fused-ring (bicyclic) bond motifs is 1. The van der Waals surface area contributed by atoms with Crippen LogP contribution in [0.25, 0.3) is 0 Å². The Bertz CT molecular complexity index is 535. The molecule has 0 aromatic heterocycles. The number of nitrogens with one attached hydrogen (secondary N) is 1. The maximum Gasteiger partial charge on any atom is 0.418 e. The van der Waals surface area contributed by atoms with Crippen LogP contribution in [0.4, 0.5) is 18.9 Å². The van der Waals surface area contributed by atoms with Crippen molar-refractivity contribution >= 4 is 11.7 Å². The summed E-state index contributed by atoms with van der Waals surface area (Å²) in [5, 5.41) is 2.54. The number of hydrogen-bond donors (Lipinski definition) is 1. The van der Waals surface area contributed by atoms with Crippen LogP contribution >= 0.6 is 0 Å². The Labute approximate surface area is 108 Å². The summed E-state index contributed by atoms with van der Waals surface area (Å²) in [6, 6.07) is 3.90. The smallest absolute Gasteiger partial charge is 0.418 e. The molecule has 1 aromatic rings. The highest BCUT2D eigenvalue weighted by molar-refractivity contribution is 5.91. The number of esters is 1. The van der Waals surface area contributed by atoms with Gasteiger partial charge in [0.25, 0.3) is 0 Å². The molecule has 102 valence electrons. The van der Waals surface area contributed by atoms with E-state index in [1.807, 2.05) is 0 Å². The quantitative estimate of drug-likeness (QED) is 0.840. The van der Waals surface area contributed by atoms with Gasteiger partial charge in [0.2, 0.25) is 0 Å². The molecule has 0 amide bonds. The van der Waals surface area contributed by atoms with Crippen molar-refractivity contribution in [3.8, 4) is 0 Å². The average molecular weight is 271 g/mol. The summed E-state index contributed by atoms with van der Waals surface area (Å²) in [4.78, 5) is 11.5. The van der Waals surface area contributed by atoms with Crippen LogP contribution in [0.3, 0.4) is 0 Å². The van der Waals surface area contributed by atoms with E-state index in [9.17, 15) is 18.0 Å². The Morgan fingerprint density at radius 2 is 2.16 bits per heavy atom. The molecule has 0 radical (unpaired) electrons. The van der Waals surface area contributed by atoms with Crippen molar-refractivity contribution in [2.75, 3.05) is 11.9 Å². The van der Waals surface area contributed by atoms with E-state index in [-0.39, 0.29) is 18.7 Å². The van der Waals surface area contributed by atoms with Gasteiger partial charge in [-0.2, -0.15) is 13.2 Å². The Morgan fingerprint density at radius 1 is 1.42 bits per heavy atom. The minimum Gasteiger partial charge on any atom is -0.463 e. The summed E-state index contributed by atoms with van der Waals surface area (Å²) >= 11 is 0. The van der Waals surface area contributed by atoms with Crippen molar-refractivity contribution in [1.29, 1.82) is 0 Å². The predicted molar refractivity (Wildman–Crippen MR) is 63.5 cm³/mol. The van der Waals surface area contributed by atoms with Crippen molar-refractivity contribution in [3.63, 3.8) is 0 Å². The number of carbonyl (C=O) groups is 1. The molecular weight excluding hydrogens is 259 g/mol. The van der Waals surface area contributed by atoms with E-state index in [1.54, 1.807) is 13.0 Å². The number of carbonyl (C=O) groups excluding carboxylic acids is 1. The largest absolute Gasteiger partial charge is 0.463 e. The van der Waals surface area contributed by atoms with E-state index < -0.39 is 17.7 Å². The van der Waals surface area contributed by atoms with Crippen LogP contribution in [0.2, 0.25) is 0 Å². The Morgan fingerprint density at radius 3 is 2.79 bits per heavy atom. The lowest BCUT2D eigenvalue weighted by Gasteiger charge is -2.21. The average Bonchev–Trinajstić information content (AvgIpc) is 2.36. The van der Waals surface area contributed by atoms with Gasteiger partial charge in [-0.05, 0) is 18.6 Å². The molecule has 1 aliphatic heterocycles. The second kappa shape index (κ2) is 4.95. The monoisotopic (exact) mass is 271 g/mol. The lowest BCUT2D eigenvalue weighted by molar-refractivity contribution is -0.138. The number of para-hydroxylation sites is 1. The zero-order valence-electron chi connectivity index (χ0n) is 10.2. The fourth-order valence-electron chi connectivity index (χ4n) is 1.92. The highest BCUT2D eigenvalue weighted by atomic mass is 19.4. The van der Waals surface area contributed by atoms with Gasteiger partial charge in [0, 0.05) is 12.6 Å². The fraction of sp³-hybridized carbons (Fsp3) is 0.308. The third-order valence-corrected chi connectivity index (χ3v) is 2.77. The Hall–Kier alpha value is -1.98. The fourth-order valence-corrected chi connectivity index (χ4v) is 1.92. The van der Waals surface area contributed by atoms with E-state index in [1.165, 1.54) is 12.3 Å². The van der Waals surface area contributed by atoms with Crippen molar-refractivity contribution in [2.24, 2.45) is 0 Å². The molecule has 0 spiro atoms. The molecule has 6 heteroatoms. The summed E-state index contributed by atoms with van der Waals surface area (Å²) in [5.74, 6) is -0.516. The van der Waals surface area contributed by atoms with Gasteiger partial charge in [-0.25, -0.2) is 4.79 Å². The highest BCUT2D eigenvalue weighted by Crippen LogP contribution is 2.38. The maximum atomic E-state index is 12.8. The van der Waals surface area contributed by atoms with Crippen LogP contribution in [0.1, 0.15) is 18.1 Å². The SMILES string of the molecule is CCOC(=O)C1=CNc2c(cccc2C(F)(F)F)C1.